The summed E-state index contributed by atoms with van der Waals surface area (Å²) in [6.07, 6.45) is 0.926. The van der Waals surface area contributed by atoms with E-state index in [2.05, 4.69) is 29.2 Å². The zero-order valence-electron chi connectivity index (χ0n) is 9.97. The standard InChI is InChI=1S/C12H16N4S/c1-8(2)6-9-7-11(16-13)15-12(14-9)10-4-3-5-17-10/h3-5,7-8H,6,13H2,1-2H3,(H,14,15,16). The smallest absolute Gasteiger partial charge is 0.171 e. The maximum atomic E-state index is 5.43. The van der Waals surface area contributed by atoms with Crippen LogP contribution >= 0.6 is 11.3 Å². The van der Waals surface area contributed by atoms with Crippen LogP contribution in [0.1, 0.15) is 19.5 Å². The van der Waals surface area contributed by atoms with Crippen LogP contribution in [0.15, 0.2) is 23.6 Å². The summed E-state index contributed by atoms with van der Waals surface area (Å²) in [5.74, 6) is 7.40. The molecule has 0 amide bonds. The van der Waals surface area contributed by atoms with Crippen LogP contribution in [0.2, 0.25) is 0 Å². The molecule has 0 radical (unpaired) electrons. The average Bonchev–Trinajstić information content (AvgIpc) is 2.81. The Labute approximate surface area is 105 Å². The number of nitrogen functional groups attached to an aromatic ring is 1. The van der Waals surface area contributed by atoms with Gasteiger partial charge in [-0.15, -0.1) is 11.3 Å². The fourth-order valence-corrected chi connectivity index (χ4v) is 2.27. The lowest BCUT2D eigenvalue weighted by Crippen LogP contribution is -2.11. The number of hydrogen-bond donors (Lipinski definition) is 2. The number of nitrogens with zero attached hydrogens (tertiary/aromatic N) is 2. The third-order valence-corrected chi connectivity index (χ3v) is 3.15. The van der Waals surface area contributed by atoms with Gasteiger partial charge < -0.3 is 5.43 Å². The number of aromatic nitrogens is 2. The molecular weight excluding hydrogens is 232 g/mol. The largest absolute Gasteiger partial charge is 0.308 e. The Bertz CT molecular complexity index is 479. The lowest BCUT2D eigenvalue weighted by Gasteiger charge is -2.08. The van der Waals surface area contributed by atoms with E-state index in [4.69, 9.17) is 5.84 Å². The molecule has 0 atom stereocenters. The van der Waals surface area contributed by atoms with Gasteiger partial charge in [-0.05, 0) is 23.8 Å². The summed E-state index contributed by atoms with van der Waals surface area (Å²) in [5.41, 5.74) is 3.62. The number of rotatable bonds is 4. The van der Waals surface area contributed by atoms with Crippen molar-refractivity contribution in [1.29, 1.82) is 0 Å². The van der Waals surface area contributed by atoms with Crippen molar-refractivity contribution in [3.05, 3.63) is 29.3 Å². The summed E-state index contributed by atoms with van der Waals surface area (Å²) in [5, 5.41) is 2.02. The van der Waals surface area contributed by atoms with E-state index in [1.807, 2.05) is 23.6 Å². The summed E-state index contributed by atoms with van der Waals surface area (Å²) in [7, 11) is 0. The van der Waals surface area contributed by atoms with E-state index in [-0.39, 0.29) is 0 Å². The molecule has 2 heterocycles. The van der Waals surface area contributed by atoms with E-state index in [0.29, 0.717) is 11.7 Å². The van der Waals surface area contributed by atoms with E-state index < -0.39 is 0 Å². The zero-order valence-corrected chi connectivity index (χ0v) is 10.8. The molecular formula is C12H16N4S. The number of nitrogens with one attached hydrogen (secondary N) is 1. The summed E-state index contributed by atoms with van der Waals surface area (Å²) in [6, 6.07) is 5.91. The Morgan fingerprint density at radius 2 is 2.24 bits per heavy atom. The van der Waals surface area contributed by atoms with Gasteiger partial charge in [-0.2, -0.15) is 0 Å². The predicted molar refractivity (Wildman–Crippen MR) is 71.7 cm³/mol. The maximum absolute atomic E-state index is 5.43. The molecule has 3 N–H and O–H groups in total. The Morgan fingerprint density at radius 1 is 1.41 bits per heavy atom. The van der Waals surface area contributed by atoms with E-state index in [1.54, 1.807) is 11.3 Å². The van der Waals surface area contributed by atoms with Crippen molar-refractivity contribution < 1.29 is 0 Å². The minimum absolute atomic E-state index is 0.562. The zero-order chi connectivity index (χ0) is 12.3. The van der Waals surface area contributed by atoms with Gasteiger partial charge in [0.25, 0.3) is 0 Å². The molecule has 4 nitrogen and oxygen atoms in total. The Hall–Kier alpha value is -1.46. The molecule has 0 aliphatic rings. The van der Waals surface area contributed by atoms with Gasteiger partial charge in [0.05, 0.1) is 4.88 Å². The van der Waals surface area contributed by atoms with Crippen molar-refractivity contribution in [2.75, 3.05) is 5.43 Å². The Morgan fingerprint density at radius 3 is 2.82 bits per heavy atom. The minimum atomic E-state index is 0.562. The number of hydrazine groups is 1. The van der Waals surface area contributed by atoms with Gasteiger partial charge >= 0.3 is 0 Å². The molecule has 0 unspecified atom stereocenters. The van der Waals surface area contributed by atoms with E-state index in [9.17, 15) is 0 Å². The van der Waals surface area contributed by atoms with E-state index >= 15 is 0 Å². The molecule has 0 aliphatic carbocycles. The Balaban J connectivity index is 2.38. The number of thiophene rings is 1. The molecule has 0 aromatic carbocycles. The molecule has 5 heteroatoms. The highest BCUT2D eigenvalue weighted by Crippen LogP contribution is 2.23. The summed E-state index contributed by atoms with van der Waals surface area (Å²) < 4.78 is 0. The highest BCUT2D eigenvalue weighted by atomic mass is 32.1. The molecule has 17 heavy (non-hydrogen) atoms. The van der Waals surface area contributed by atoms with Gasteiger partial charge in [0.2, 0.25) is 0 Å². The second kappa shape index (κ2) is 5.25. The molecule has 0 saturated heterocycles. The molecule has 0 aliphatic heterocycles. The van der Waals surface area contributed by atoms with Crippen LogP contribution in [0.5, 0.6) is 0 Å². The van der Waals surface area contributed by atoms with Crippen LogP contribution in [0, 0.1) is 5.92 Å². The first kappa shape index (κ1) is 12.0. The van der Waals surface area contributed by atoms with Crippen LogP contribution in [-0.2, 0) is 6.42 Å². The molecule has 2 aromatic heterocycles. The van der Waals surface area contributed by atoms with Crippen molar-refractivity contribution in [2.24, 2.45) is 11.8 Å². The highest BCUT2D eigenvalue weighted by molar-refractivity contribution is 7.13. The fraction of sp³-hybridized carbons (Fsp3) is 0.333. The number of anilines is 1. The minimum Gasteiger partial charge on any atom is -0.308 e. The number of hydrogen-bond acceptors (Lipinski definition) is 5. The first-order chi connectivity index (χ1) is 8.19. The second-order valence-electron chi connectivity index (χ2n) is 4.29. The van der Waals surface area contributed by atoms with Crippen molar-refractivity contribution >= 4 is 17.2 Å². The lowest BCUT2D eigenvalue weighted by atomic mass is 10.1. The molecule has 0 bridgehead atoms. The predicted octanol–water partition coefficient (Wildman–Crippen LogP) is 2.69. The van der Waals surface area contributed by atoms with Crippen LogP contribution in [0.25, 0.3) is 10.7 Å². The fourth-order valence-electron chi connectivity index (χ4n) is 1.61. The van der Waals surface area contributed by atoms with Crippen molar-refractivity contribution in [2.45, 2.75) is 20.3 Å². The summed E-state index contributed by atoms with van der Waals surface area (Å²) in [4.78, 5) is 9.99. The molecule has 0 spiro atoms. The van der Waals surface area contributed by atoms with Gasteiger partial charge in [0.15, 0.2) is 5.82 Å². The van der Waals surface area contributed by atoms with Crippen molar-refractivity contribution in [3.8, 4) is 10.7 Å². The lowest BCUT2D eigenvalue weighted by molar-refractivity contribution is 0.635. The van der Waals surface area contributed by atoms with Crippen LogP contribution in [0.4, 0.5) is 5.82 Å². The SMILES string of the molecule is CC(C)Cc1cc(NN)nc(-c2cccs2)n1. The molecule has 0 fully saturated rings. The summed E-state index contributed by atoms with van der Waals surface area (Å²) in [6.45, 7) is 4.34. The third kappa shape index (κ3) is 3.01. The average molecular weight is 248 g/mol. The van der Waals surface area contributed by atoms with Crippen LogP contribution in [-0.4, -0.2) is 9.97 Å². The van der Waals surface area contributed by atoms with Crippen molar-refractivity contribution in [3.63, 3.8) is 0 Å². The normalized spacial score (nSPS) is 10.8. The second-order valence-corrected chi connectivity index (χ2v) is 5.24. The first-order valence-corrected chi connectivity index (χ1v) is 6.45. The number of nitrogens with two attached hydrogens (primary N) is 1. The molecule has 2 rings (SSSR count). The Kier molecular flexibility index (Phi) is 3.71. The third-order valence-electron chi connectivity index (χ3n) is 2.29. The molecule has 2 aromatic rings. The van der Waals surface area contributed by atoms with Crippen molar-refractivity contribution in [1.82, 2.24) is 9.97 Å². The van der Waals surface area contributed by atoms with E-state index in [1.165, 1.54) is 0 Å². The van der Waals surface area contributed by atoms with Crippen LogP contribution in [0.3, 0.4) is 0 Å². The summed E-state index contributed by atoms with van der Waals surface area (Å²) >= 11 is 1.63. The highest BCUT2D eigenvalue weighted by Gasteiger charge is 2.08. The quantitative estimate of drug-likeness (QED) is 0.645. The maximum Gasteiger partial charge on any atom is 0.171 e. The van der Waals surface area contributed by atoms with E-state index in [0.717, 1.165) is 22.8 Å². The molecule has 90 valence electrons. The first-order valence-electron chi connectivity index (χ1n) is 5.57. The van der Waals surface area contributed by atoms with Gasteiger partial charge in [-0.1, -0.05) is 19.9 Å². The van der Waals surface area contributed by atoms with Gasteiger partial charge in [0.1, 0.15) is 5.82 Å². The topological polar surface area (TPSA) is 63.8 Å². The van der Waals surface area contributed by atoms with Gasteiger partial charge in [-0.25, -0.2) is 15.8 Å². The molecule has 0 saturated carbocycles. The van der Waals surface area contributed by atoms with Gasteiger partial charge in [-0.3, -0.25) is 0 Å². The van der Waals surface area contributed by atoms with Gasteiger partial charge in [0, 0.05) is 11.8 Å². The monoisotopic (exact) mass is 248 g/mol. The van der Waals surface area contributed by atoms with Crippen LogP contribution < -0.4 is 11.3 Å².